The smallest absolute Gasteiger partial charge is 0.206 e. The molecule has 1 N–H and O–H groups in total. The van der Waals surface area contributed by atoms with Crippen molar-refractivity contribution in [2.75, 3.05) is 11.9 Å². The molecule has 1 heterocycles. The van der Waals surface area contributed by atoms with E-state index in [-0.39, 0.29) is 0 Å². The Morgan fingerprint density at radius 3 is 2.64 bits per heavy atom. The molecule has 1 aromatic rings. The van der Waals surface area contributed by atoms with Gasteiger partial charge in [0, 0.05) is 6.54 Å². The zero-order valence-electron chi connectivity index (χ0n) is 8.38. The standard InChI is InChI=1S/C9H14BrN3S/c1-6(2)9(3-4-9)5-11-8-13-12-7(10)14-8/h6H,3-5H2,1-2H3,(H,11,13). The minimum Gasteiger partial charge on any atom is -0.359 e. The molecule has 5 heteroatoms. The van der Waals surface area contributed by atoms with Crippen LogP contribution < -0.4 is 5.32 Å². The van der Waals surface area contributed by atoms with Crippen LogP contribution >= 0.6 is 27.3 Å². The van der Waals surface area contributed by atoms with E-state index in [9.17, 15) is 0 Å². The lowest BCUT2D eigenvalue weighted by Crippen LogP contribution is -2.20. The molecule has 0 radical (unpaired) electrons. The Kier molecular flexibility index (Phi) is 2.79. The lowest BCUT2D eigenvalue weighted by Gasteiger charge is -2.19. The summed E-state index contributed by atoms with van der Waals surface area (Å²) in [6, 6.07) is 0. The SMILES string of the molecule is CC(C)C1(CNc2nnc(Br)s2)CC1. The van der Waals surface area contributed by atoms with Crippen molar-refractivity contribution >= 4 is 32.4 Å². The number of anilines is 1. The van der Waals surface area contributed by atoms with Crippen LogP contribution in [-0.2, 0) is 0 Å². The molecular formula is C9H14BrN3S. The van der Waals surface area contributed by atoms with E-state index in [1.54, 1.807) is 11.3 Å². The second-order valence-corrected chi connectivity index (χ2v) is 6.48. The first kappa shape index (κ1) is 10.4. The van der Waals surface area contributed by atoms with Gasteiger partial charge in [-0.15, -0.1) is 10.2 Å². The third-order valence-corrected chi connectivity index (χ3v) is 4.42. The highest BCUT2D eigenvalue weighted by Crippen LogP contribution is 2.51. The molecule has 1 aliphatic carbocycles. The van der Waals surface area contributed by atoms with Crippen molar-refractivity contribution in [2.45, 2.75) is 26.7 Å². The Balaban J connectivity index is 1.89. The molecule has 0 spiro atoms. The van der Waals surface area contributed by atoms with Crippen LogP contribution in [0.15, 0.2) is 3.92 Å². The van der Waals surface area contributed by atoms with Crippen LogP contribution in [0, 0.1) is 11.3 Å². The summed E-state index contributed by atoms with van der Waals surface area (Å²) in [4.78, 5) is 0. The van der Waals surface area contributed by atoms with Crippen molar-refractivity contribution < 1.29 is 0 Å². The third-order valence-electron chi connectivity index (χ3n) is 3.11. The van der Waals surface area contributed by atoms with E-state index < -0.39 is 0 Å². The van der Waals surface area contributed by atoms with Crippen molar-refractivity contribution in [3.63, 3.8) is 0 Å². The van der Waals surface area contributed by atoms with Gasteiger partial charge in [0.1, 0.15) is 0 Å². The molecule has 1 saturated carbocycles. The fraction of sp³-hybridized carbons (Fsp3) is 0.778. The highest BCUT2D eigenvalue weighted by atomic mass is 79.9. The average molecular weight is 276 g/mol. The molecule has 14 heavy (non-hydrogen) atoms. The predicted molar refractivity (Wildman–Crippen MR) is 62.6 cm³/mol. The van der Waals surface area contributed by atoms with Gasteiger partial charge in [0.15, 0.2) is 3.92 Å². The van der Waals surface area contributed by atoms with Gasteiger partial charge in [0.05, 0.1) is 0 Å². The Bertz CT molecular complexity index is 320. The summed E-state index contributed by atoms with van der Waals surface area (Å²) in [5.41, 5.74) is 0.526. The first-order chi connectivity index (χ1) is 6.62. The van der Waals surface area contributed by atoms with Crippen LogP contribution in [0.5, 0.6) is 0 Å². The number of aromatic nitrogens is 2. The fourth-order valence-corrected chi connectivity index (χ4v) is 2.65. The summed E-state index contributed by atoms with van der Waals surface area (Å²) in [6.07, 6.45) is 2.69. The van der Waals surface area contributed by atoms with Gasteiger partial charge in [-0.3, -0.25) is 0 Å². The number of halogens is 1. The molecule has 3 nitrogen and oxygen atoms in total. The van der Waals surface area contributed by atoms with E-state index in [4.69, 9.17) is 0 Å². The summed E-state index contributed by atoms with van der Waals surface area (Å²) >= 11 is 4.85. The van der Waals surface area contributed by atoms with E-state index in [0.29, 0.717) is 5.41 Å². The molecule has 1 aromatic heterocycles. The van der Waals surface area contributed by atoms with Crippen molar-refractivity contribution in [3.05, 3.63) is 3.92 Å². The van der Waals surface area contributed by atoms with Gasteiger partial charge in [0.25, 0.3) is 0 Å². The van der Waals surface area contributed by atoms with Crippen LogP contribution in [-0.4, -0.2) is 16.7 Å². The van der Waals surface area contributed by atoms with Crippen LogP contribution in [0.4, 0.5) is 5.13 Å². The Morgan fingerprint density at radius 2 is 2.21 bits per heavy atom. The molecule has 1 fully saturated rings. The molecule has 0 unspecified atom stereocenters. The average Bonchev–Trinajstić information content (AvgIpc) is 2.82. The van der Waals surface area contributed by atoms with Gasteiger partial charge in [-0.1, -0.05) is 25.2 Å². The lowest BCUT2D eigenvalue weighted by atomic mass is 9.92. The summed E-state index contributed by atoms with van der Waals surface area (Å²) in [6.45, 7) is 5.63. The quantitative estimate of drug-likeness (QED) is 0.918. The van der Waals surface area contributed by atoms with Crippen LogP contribution in [0.3, 0.4) is 0 Å². The van der Waals surface area contributed by atoms with Crippen LogP contribution in [0.1, 0.15) is 26.7 Å². The Hall–Kier alpha value is -0.160. The number of nitrogens with zero attached hydrogens (tertiary/aromatic N) is 2. The van der Waals surface area contributed by atoms with Gasteiger partial charge < -0.3 is 5.32 Å². The maximum atomic E-state index is 4.02. The second-order valence-electron chi connectivity index (χ2n) is 4.23. The zero-order valence-corrected chi connectivity index (χ0v) is 10.8. The van der Waals surface area contributed by atoms with Crippen molar-refractivity contribution in [1.82, 2.24) is 10.2 Å². The van der Waals surface area contributed by atoms with Crippen molar-refractivity contribution in [3.8, 4) is 0 Å². The van der Waals surface area contributed by atoms with Gasteiger partial charge in [-0.25, -0.2) is 0 Å². The molecule has 0 amide bonds. The molecule has 0 bridgehead atoms. The summed E-state index contributed by atoms with van der Waals surface area (Å²) in [5, 5.41) is 12.2. The highest BCUT2D eigenvalue weighted by Gasteiger charge is 2.45. The van der Waals surface area contributed by atoms with Gasteiger partial charge in [-0.05, 0) is 40.1 Å². The van der Waals surface area contributed by atoms with E-state index >= 15 is 0 Å². The Morgan fingerprint density at radius 1 is 1.50 bits per heavy atom. The summed E-state index contributed by atoms with van der Waals surface area (Å²) in [7, 11) is 0. The molecule has 78 valence electrons. The van der Waals surface area contributed by atoms with E-state index in [1.807, 2.05) is 0 Å². The monoisotopic (exact) mass is 275 g/mol. The first-order valence-corrected chi connectivity index (χ1v) is 6.46. The largest absolute Gasteiger partial charge is 0.359 e. The summed E-state index contributed by atoms with van der Waals surface area (Å²) < 4.78 is 0.842. The van der Waals surface area contributed by atoms with Crippen molar-refractivity contribution in [2.24, 2.45) is 11.3 Å². The number of nitrogens with one attached hydrogen (secondary N) is 1. The Labute approximate surface area is 96.4 Å². The van der Waals surface area contributed by atoms with E-state index in [1.165, 1.54) is 12.8 Å². The number of hydrogen-bond acceptors (Lipinski definition) is 4. The van der Waals surface area contributed by atoms with E-state index in [2.05, 4.69) is 45.3 Å². The molecule has 0 atom stereocenters. The number of rotatable bonds is 4. The van der Waals surface area contributed by atoms with E-state index in [0.717, 1.165) is 21.5 Å². The number of hydrogen-bond donors (Lipinski definition) is 1. The molecule has 0 saturated heterocycles. The van der Waals surface area contributed by atoms with Crippen LogP contribution in [0.25, 0.3) is 0 Å². The van der Waals surface area contributed by atoms with Gasteiger partial charge in [-0.2, -0.15) is 0 Å². The van der Waals surface area contributed by atoms with Crippen LogP contribution in [0.2, 0.25) is 0 Å². The second kappa shape index (κ2) is 3.77. The summed E-state index contributed by atoms with van der Waals surface area (Å²) in [5.74, 6) is 0.756. The first-order valence-electron chi connectivity index (χ1n) is 4.85. The molecular weight excluding hydrogens is 262 g/mol. The molecule has 0 aromatic carbocycles. The predicted octanol–water partition coefficient (Wildman–Crippen LogP) is 3.15. The maximum absolute atomic E-state index is 4.02. The lowest BCUT2D eigenvalue weighted by molar-refractivity contribution is 0.380. The van der Waals surface area contributed by atoms with Gasteiger partial charge in [0.2, 0.25) is 5.13 Å². The van der Waals surface area contributed by atoms with Crippen molar-refractivity contribution in [1.29, 1.82) is 0 Å². The minimum absolute atomic E-state index is 0.526. The maximum Gasteiger partial charge on any atom is 0.206 e. The fourth-order valence-electron chi connectivity index (χ4n) is 1.65. The van der Waals surface area contributed by atoms with Gasteiger partial charge >= 0.3 is 0 Å². The molecule has 0 aliphatic heterocycles. The minimum atomic E-state index is 0.526. The third kappa shape index (κ3) is 2.08. The zero-order chi connectivity index (χ0) is 10.2. The molecule has 2 rings (SSSR count). The highest BCUT2D eigenvalue weighted by molar-refractivity contribution is 9.11. The normalized spacial score (nSPS) is 18.6. The molecule has 1 aliphatic rings. The topological polar surface area (TPSA) is 37.8 Å².